The van der Waals surface area contributed by atoms with Crippen LogP contribution in [0.25, 0.3) is 0 Å². The Bertz CT molecular complexity index is 916. The van der Waals surface area contributed by atoms with Crippen LogP contribution in [0.2, 0.25) is 0 Å². The fraction of sp³-hybridized carbons (Fsp3) is 0.667. The molecule has 1 heterocycles. The molecular weight excluding hydrogens is 490 g/mol. The van der Waals surface area contributed by atoms with E-state index < -0.39 is 90.4 Å². The fourth-order valence-electron chi connectivity index (χ4n) is 3.79. The Labute approximate surface area is 205 Å². The molecule has 1 aliphatic heterocycles. The second-order valence-corrected chi connectivity index (χ2v) is 7.91. The minimum Gasteiger partial charge on any atom is -0.476 e. The van der Waals surface area contributed by atoms with E-state index in [-0.39, 0.29) is 0 Å². The Kier molecular flexibility index (Phi) is 10.5. The van der Waals surface area contributed by atoms with Crippen LogP contribution in [0.5, 0.6) is 0 Å². The third-order valence-corrected chi connectivity index (χ3v) is 4.90. The molecule has 0 bridgehead atoms. The summed E-state index contributed by atoms with van der Waals surface area (Å²) in [6.45, 7) is 5.01. The molecule has 0 aliphatic carbocycles. The summed E-state index contributed by atoms with van der Waals surface area (Å²) >= 11 is 0. The lowest BCUT2D eigenvalue weighted by molar-refractivity contribution is -0.317. The molecule has 0 aromatic carbocycles. The molecular formula is C21H29NO14. The summed E-state index contributed by atoms with van der Waals surface area (Å²) in [4.78, 5) is 83.7. The van der Waals surface area contributed by atoms with E-state index >= 15 is 0 Å². The molecule has 0 aromatic rings. The first-order chi connectivity index (χ1) is 16.5. The van der Waals surface area contributed by atoms with Crippen molar-refractivity contribution in [1.82, 2.24) is 0 Å². The molecule has 0 radical (unpaired) electrons. The number of nitrogens with two attached hydrogens (primary N) is 1. The number of carboxylic acids is 1. The normalized spacial score (nSPS) is 27.0. The molecule has 36 heavy (non-hydrogen) atoms. The van der Waals surface area contributed by atoms with Crippen molar-refractivity contribution in [3.8, 4) is 0 Å². The van der Waals surface area contributed by atoms with Gasteiger partial charge in [-0.15, -0.1) is 0 Å². The summed E-state index contributed by atoms with van der Waals surface area (Å²) in [5, 5.41) is 10.0. The highest BCUT2D eigenvalue weighted by molar-refractivity contribution is 5.90. The molecule has 1 rings (SSSR count). The summed E-state index contributed by atoms with van der Waals surface area (Å²) in [5.41, 5.74) is 6.23. The Hall–Kier alpha value is -3.59. The van der Waals surface area contributed by atoms with Gasteiger partial charge in [-0.3, -0.25) is 28.8 Å². The van der Waals surface area contributed by atoms with Gasteiger partial charge in [0, 0.05) is 34.6 Å². The van der Waals surface area contributed by atoms with Gasteiger partial charge in [0.2, 0.25) is 0 Å². The second kappa shape index (κ2) is 12.4. The summed E-state index contributed by atoms with van der Waals surface area (Å²) in [6.07, 6.45) is -7.02. The Balaban J connectivity index is 3.82. The Morgan fingerprint density at radius 1 is 0.861 bits per heavy atom. The number of carbonyl (C=O) groups excluding carboxylic acids is 6. The number of Topliss-reactive ketones (excluding diaryl/α,β-unsaturated/α-hetero) is 1. The van der Waals surface area contributed by atoms with Crippen LogP contribution in [-0.2, 0) is 62.0 Å². The molecule has 3 N–H and O–H groups in total. The van der Waals surface area contributed by atoms with Gasteiger partial charge in [-0.2, -0.15) is 0 Å². The minimum absolute atomic E-state index is 0.693. The highest BCUT2D eigenvalue weighted by Crippen LogP contribution is 2.40. The molecule has 0 aromatic heterocycles. The lowest BCUT2D eigenvalue weighted by Gasteiger charge is -2.49. The first-order valence-corrected chi connectivity index (χ1v) is 10.5. The number of hydrogen-bond acceptors (Lipinski definition) is 14. The van der Waals surface area contributed by atoms with E-state index in [2.05, 4.69) is 0 Å². The van der Waals surface area contributed by atoms with Gasteiger partial charge in [-0.05, 0) is 6.92 Å². The lowest BCUT2D eigenvalue weighted by Crippen LogP contribution is -2.73. The van der Waals surface area contributed by atoms with Crippen molar-refractivity contribution >= 4 is 41.6 Å². The van der Waals surface area contributed by atoms with Crippen LogP contribution in [0.3, 0.4) is 0 Å². The molecule has 15 nitrogen and oxygen atoms in total. The molecule has 1 saturated heterocycles. The van der Waals surface area contributed by atoms with Crippen LogP contribution in [-0.4, -0.2) is 89.6 Å². The predicted molar refractivity (Wildman–Crippen MR) is 112 cm³/mol. The van der Waals surface area contributed by atoms with E-state index in [4.69, 9.17) is 34.2 Å². The topological polar surface area (TPSA) is 221 Å². The van der Waals surface area contributed by atoms with Crippen molar-refractivity contribution in [3.05, 3.63) is 0 Å². The van der Waals surface area contributed by atoms with E-state index in [1.54, 1.807) is 0 Å². The van der Waals surface area contributed by atoms with Crippen LogP contribution < -0.4 is 5.73 Å². The molecule has 15 heteroatoms. The molecule has 7 atom stereocenters. The largest absolute Gasteiger partial charge is 0.476 e. The number of carbonyl (C=O) groups is 7. The van der Waals surface area contributed by atoms with Gasteiger partial charge < -0.3 is 39.3 Å². The summed E-state index contributed by atoms with van der Waals surface area (Å²) in [5.74, 6) is -12.8. The zero-order chi connectivity index (χ0) is 28.0. The highest BCUT2D eigenvalue weighted by atomic mass is 16.8. The number of ether oxygens (including phenoxy) is 6. The Morgan fingerprint density at radius 2 is 1.42 bits per heavy atom. The summed E-state index contributed by atoms with van der Waals surface area (Å²) in [6, 6.07) is -1.61. The number of esters is 5. The predicted octanol–water partition coefficient (Wildman–Crippen LogP) is -1.38. The smallest absolute Gasteiger partial charge is 0.378 e. The third kappa shape index (κ3) is 7.45. The first kappa shape index (κ1) is 30.4. The summed E-state index contributed by atoms with van der Waals surface area (Å²) in [7, 11) is 0. The number of hydrogen-bond donors (Lipinski definition) is 2. The number of carboxylic acid groups (broad SMARTS) is 1. The van der Waals surface area contributed by atoms with Crippen molar-refractivity contribution in [2.24, 2.45) is 11.7 Å². The average Bonchev–Trinajstić information content (AvgIpc) is 2.70. The zero-order valence-corrected chi connectivity index (χ0v) is 20.5. The maximum absolute atomic E-state index is 12.6. The zero-order valence-electron chi connectivity index (χ0n) is 20.5. The van der Waals surface area contributed by atoms with Crippen LogP contribution in [0.1, 0.15) is 41.5 Å². The molecule has 1 aliphatic rings. The van der Waals surface area contributed by atoms with Crippen molar-refractivity contribution < 1.29 is 67.1 Å². The van der Waals surface area contributed by atoms with E-state index in [1.165, 1.54) is 0 Å². The van der Waals surface area contributed by atoms with Crippen LogP contribution >= 0.6 is 0 Å². The van der Waals surface area contributed by atoms with Gasteiger partial charge >= 0.3 is 41.6 Å². The van der Waals surface area contributed by atoms with E-state index in [0.717, 1.165) is 41.5 Å². The monoisotopic (exact) mass is 519 g/mol. The number of rotatable bonds is 10. The van der Waals surface area contributed by atoms with Crippen molar-refractivity contribution in [2.75, 3.05) is 6.61 Å². The van der Waals surface area contributed by atoms with Crippen LogP contribution in [0.4, 0.5) is 0 Å². The van der Waals surface area contributed by atoms with E-state index in [1.807, 2.05) is 0 Å². The minimum atomic E-state index is -3.10. The first-order valence-electron chi connectivity index (χ1n) is 10.5. The average molecular weight is 519 g/mol. The van der Waals surface area contributed by atoms with Crippen molar-refractivity contribution in [1.29, 1.82) is 0 Å². The van der Waals surface area contributed by atoms with Crippen LogP contribution in [0, 0.1) is 5.92 Å². The molecule has 1 fully saturated rings. The van der Waals surface area contributed by atoms with Gasteiger partial charge in [-0.1, -0.05) is 0 Å². The highest BCUT2D eigenvalue weighted by Gasteiger charge is 2.66. The SMILES string of the molecule is CC(=O)OC[C@@H](OC(C)=O)[C@@H](OC(C)=O)[C@@H]1OC(OC(C)=O)(C(=O)O)C(C(C)=O)[C@H](OC(C)=O)[C@H]1N. The van der Waals surface area contributed by atoms with E-state index in [0.29, 0.717) is 0 Å². The maximum Gasteiger partial charge on any atom is 0.378 e. The van der Waals surface area contributed by atoms with Crippen LogP contribution in [0.15, 0.2) is 0 Å². The molecule has 202 valence electrons. The molecule has 0 spiro atoms. The quantitative estimate of drug-likeness (QED) is 0.251. The van der Waals surface area contributed by atoms with Gasteiger partial charge in [0.25, 0.3) is 0 Å². The summed E-state index contributed by atoms with van der Waals surface area (Å²) < 4.78 is 30.9. The second-order valence-electron chi connectivity index (χ2n) is 7.91. The van der Waals surface area contributed by atoms with Crippen molar-refractivity contribution in [3.63, 3.8) is 0 Å². The van der Waals surface area contributed by atoms with Gasteiger partial charge in [-0.25, -0.2) is 4.79 Å². The lowest BCUT2D eigenvalue weighted by atomic mass is 9.78. The van der Waals surface area contributed by atoms with Gasteiger partial charge in [0.05, 0.1) is 6.04 Å². The standard InChI is InChI=1S/C21H29NO14/c1-8(23)15-18(34-12(5)27)16(22)19(36-21(15,20(29)30)35-13(6)28)17(33-11(4)26)14(32-10(3)25)7-31-9(2)24/h14-19H,7,22H2,1-6H3,(H,29,30)/t14-,15?,16-,17-,18+,19-,21?/m1/s1. The Morgan fingerprint density at radius 3 is 1.81 bits per heavy atom. The molecule has 0 saturated carbocycles. The molecule has 2 unspecified atom stereocenters. The van der Waals surface area contributed by atoms with Gasteiger partial charge in [0.15, 0.2) is 12.2 Å². The van der Waals surface area contributed by atoms with E-state index in [9.17, 15) is 38.7 Å². The van der Waals surface area contributed by atoms with Gasteiger partial charge in [0.1, 0.15) is 30.5 Å². The third-order valence-electron chi connectivity index (χ3n) is 4.90. The molecule has 0 amide bonds. The fourth-order valence-corrected chi connectivity index (χ4v) is 3.79. The number of ketones is 1. The van der Waals surface area contributed by atoms with Crippen molar-refractivity contribution in [2.45, 2.75) is 77.8 Å². The number of aliphatic carboxylic acids is 1. The maximum atomic E-state index is 12.6.